The lowest BCUT2D eigenvalue weighted by Gasteiger charge is -2.19. The second-order valence-corrected chi connectivity index (χ2v) is 7.42. The summed E-state index contributed by atoms with van der Waals surface area (Å²) in [4.78, 5) is 31.1. The third kappa shape index (κ3) is 5.00. The highest BCUT2D eigenvalue weighted by molar-refractivity contribution is 9.50. The molecule has 1 aliphatic rings. The molecule has 2 atom stereocenters. The number of nitrogens with one attached hydrogen (secondary N) is 1. The molecule has 1 N–H and O–H groups in total. The summed E-state index contributed by atoms with van der Waals surface area (Å²) in [6.45, 7) is 3.59. The number of carbonyl (C=O) groups excluding carboxylic acids is 2. The summed E-state index contributed by atoms with van der Waals surface area (Å²) in [6.07, 6.45) is 0.335. The molecule has 0 spiro atoms. The number of rotatable bonds is 4. The Hall–Kier alpha value is -2.18. The number of likely N-dealkylation sites (tertiary alicyclic amines) is 1. The molecule has 0 bridgehead atoms. The summed E-state index contributed by atoms with van der Waals surface area (Å²) in [5.74, 6) is -0.896. The van der Waals surface area contributed by atoms with Crippen LogP contribution in [0.4, 0.5) is 4.39 Å². The predicted molar refractivity (Wildman–Crippen MR) is 111 cm³/mol. The molecular weight excluding hydrogens is 447 g/mol. The van der Waals surface area contributed by atoms with Gasteiger partial charge in [-0.3, -0.25) is 14.6 Å². The van der Waals surface area contributed by atoms with Gasteiger partial charge in [-0.15, -0.1) is 0 Å². The molecule has 9 heteroatoms. The molecule has 148 valence electrons. The van der Waals surface area contributed by atoms with Crippen molar-refractivity contribution >= 4 is 47.7 Å². The van der Waals surface area contributed by atoms with Crippen molar-refractivity contribution in [2.45, 2.75) is 37.4 Å². The van der Waals surface area contributed by atoms with Crippen LogP contribution in [0.3, 0.4) is 0 Å². The summed E-state index contributed by atoms with van der Waals surface area (Å²) >= 11 is 3.30. The van der Waals surface area contributed by atoms with Gasteiger partial charge in [-0.2, -0.15) is 5.26 Å². The van der Waals surface area contributed by atoms with Crippen LogP contribution in [-0.4, -0.2) is 47.0 Å². The molecule has 2 amide bonds. The van der Waals surface area contributed by atoms with Crippen LogP contribution in [0.2, 0.25) is 0 Å². The molecule has 0 radical (unpaired) electrons. The van der Waals surface area contributed by atoms with Crippen molar-refractivity contribution in [1.29, 1.82) is 5.26 Å². The fourth-order valence-electron chi connectivity index (χ4n) is 2.91. The maximum absolute atomic E-state index is 13.4. The lowest BCUT2D eigenvalue weighted by Crippen LogP contribution is -2.42. The Labute approximate surface area is 174 Å². The van der Waals surface area contributed by atoms with Gasteiger partial charge in [-0.1, -0.05) is 13.8 Å². The number of pyridine rings is 1. The Morgan fingerprint density at radius 1 is 1.43 bits per heavy atom. The van der Waals surface area contributed by atoms with Crippen LogP contribution in [-0.2, 0) is 4.79 Å². The molecule has 1 aromatic heterocycles. The van der Waals surface area contributed by atoms with Crippen molar-refractivity contribution in [3.05, 3.63) is 36.0 Å². The molecule has 1 fully saturated rings. The predicted octanol–water partition coefficient (Wildman–Crippen LogP) is 3.86. The van der Waals surface area contributed by atoms with Gasteiger partial charge in [-0.05, 0) is 49.3 Å². The molecule has 1 aliphatic heterocycles. The van der Waals surface area contributed by atoms with Crippen molar-refractivity contribution in [2.24, 2.45) is 0 Å². The van der Waals surface area contributed by atoms with Crippen LogP contribution in [0, 0.1) is 11.3 Å². The van der Waals surface area contributed by atoms with Gasteiger partial charge < -0.3 is 10.2 Å². The smallest absolute Gasteiger partial charge is 0.252 e. The van der Waals surface area contributed by atoms with Crippen LogP contribution in [0.1, 0.15) is 30.6 Å². The highest BCUT2D eigenvalue weighted by atomic mass is 79.9. The molecule has 0 aliphatic carbocycles. The lowest BCUT2D eigenvalue weighted by molar-refractivity contribution is -0.130. The highest BCUT2D eigenvalue weighted by Gasteiger charge is 2.35. The standard InChI is InChI=1S/C17H14BrFN4O2S.C2H6/c18-26-12-1-2-15-14(6-12)13(3-4-21-15)17(25)22-8-16(24)23-9-10(19)5-11(23)7-20;1-2/h1-4,6,10-11H,5,8-9H2,(H,22,25);1-2H3/t10?,11-;/m0./s1. The fourth-order valence-corrected chi connectivity index (χ4v) is 3.79. The number of halogens is 2. The van der Waals surface area contributed by atoms with Gasteiger partial charge in [0.15, 0.2) is 0 Å². The van der Waals surface area contributed by atoms with Gasteiger partial charge >= 0.3 is 0 Å². The van der Waals surface area contributed by atoms with Gasteiger partial charge in [0.1, 0.15) is 12.2 Å². The average Bonchev–Trinajstić information content (AvgIpc) is 3.13. The molecule has 1 aromatic carbocycles. The minimum Gasteiger partial charge on any atom is -0.343 e. The number of aromatic nitrogens is 1. The Balaban J connectivity index is 0.00000136. The zero-order chi connectivity index (χ0) is 20.7. The van der Waals surface area contributed by atoms with Gasteiger partial charge in [0.05, 0.1) is 30.2 Å². The van der Waals surface area contributed by atoms with Gasteiger partial charge in [-0.25, -0.2) is 4.39 Å². The van der Waals surface area contributed by atoms with Gasteiger partial charge in [0.25, 0.3) is 5.91 Å². The van der Waals surface area contributed by atoms with E-state index in [1.165, 1.54) is 21.3 Å². The first-order valence-corrected chi connectivity index (χ1v) is 11.5. The normalized spacial score (nSPS) is 18.2. The first kappa shape index (κ1) is 22.1. The van der Waals surface area contributed by atoms with E-state index in [0.717, 1.165) is 4.90 Å². The Kier molecular flexibility index (Phi) is 8.20. The number of carbonyl (C=O) groups is 2. The molecule has 0 saturated carbocycles. The minimum atomic E-state index is -1.20. The van der Waals surface area contributed by atoms with Crippen LogP contribution in [0.15, 0.2) is 35.4 Å². The van der Waals surface area contributed by atoms with Crippen LogP contribution >= 0.6 is 25.0 Å². The second-order valence-electron chi connectivity index (χ2n) is 5.82. The molecule has 2 aromatic rings. The summed E-state index contributed by atoms with van der Waals surface area (Å²) in [6, 6.07) is 8.23. The van der Waals surface area contributed by atoms with E-state index in [1.54, 1.807) is 6.07 Å². The summed E-state index contributed by atoms with van der Waals surface area (Å²) in [7, 11) is 1.37. The number of nitrogens with zero attached hydrogens (tertiary/aromatic N) is 3. The Morgan fingerprint density at radius 3 is 2.86 bits per heavy atom. The number of amides is 2. The van der Waals surface area contributed by atoms with Crippen molar-refractivity contribution in [1.82, 2.24) is 15.2 Å². The van der Waals surface area contributed by atoms with E-state index < -0.39 is 24.0 Å². The lowest BCUT2D eigenvalue weighted by atomic mass is 10.1. The molecule has 3 rings (SSSR count). The number of hydrogen-bond donors (Lipinski definition) is 1. The quantitative estimate of drug-likeness (QED) is 0.738. The van der Waals surface area contributed by atoms with Crippen molar-refractivity contribution in [2.75, 3.05) is 13.1 Å². The number of hydrogen-bond acceptors (Lipinski definition) is 5. The van der Waals surface area contributed by atoms with E-state index >= 15 is 0 Å². The van der Waals surface area contributed by atoms with Crippen LogP contribution in [0.25, 0.3) is 10.9 Å². The topological polar surface area (TPSA) is 86.1 Å². The third-order valence-corrected chi connectivity index (χ3v) is 5.72. The number of fused-ring (bicyclic) bond motifs is 1. The summed E-state index contributed by atoms with van der Waals surface area (Å²) in [5, 5.41) is 12.2. The van der Waals surface area contributed by atoms with Crippen molar-refractivity contribution in [3.8, 4) is 6.07 Å². The Morgan fingerprint density at radius 2 is 2.18 bits per heavy atom. The van der Waals surface area contributed by atoms with Crippen molar-refractivity contribution < 1.29 is 14.0 Å². The Bertz CT molecular complexity index is 905. The van der Waals surface area contributed by atoms with Gasteiger partial charge in [0.2, 0.25) is 5.91 Å². The van der Waals surface area contributed by atoms with Gasteiger partial charge in [0, 0.05) is 22.9 Å². The fraction of sp³-hybridized carbons (Fsp3) is 0.368. The molecule has 1 saturated heterocycles. The average molecular weight is 467 g/mol. The molecule has 1 unspecified atom stereocenters. The molecule has 6 nitrogen and oxygen atoms in total. The third-order valence-electron chi connectivity index (χ3n) is 4.17. The summed E-state index contributed by atoms with van der Waals surface area (Å²) in [5.41, 5.74) is 1.06. The minimum absolute atomic E-state index is 0.0121. The largest absolute Gasteiger partial charge is 0.343 e. The molecule has 28 heavy (non-hydrogen) atoms. The van der Waals surface area contributed by atoms with E-state index in [9.17, 15) is 14.0 Å². The van der Waals surface area contributed by atoms with E-state index in [2.05, 4.69) is 25.1 Å². The first-order chi connectivity index (χ1) is 13.5. The van der Waals surface area contributed by atoms with E-state index in [-0.39, 0.29) is 19.5 Å². The summed E-state index contributed by atoms with van der Waals surface area (Å²) < 4.78 is 13.4. The van der Waals surface area contributed by atoms with Crippen molar-refractivity contribution in [3.63, 3.8) is 0 Å². The van der Waals surface area contributed by atoms with E-state index in [0.29, 0.717) is 16.5 Å². The van der Waals surface area contributed by atoms with Crippen LogP contribution in [0.5, 0.6) is 0 Å². The zero-order valence-corrected chi connectivity index (χ0v) is 17.9. The number of alkyl halides is 1. The van der Waals surface area contributed by atoms with E-state index in [1.807, 2.05) is 38.1 Å². The monoisotopic (exact) mass is 466 g/mol. The maximum atomic E-state index is 13.4. The molecular formula is C19H20BrFN4O2S. The van der Waals surface area contributed by atoms with Crippen LogP contribution < -0.4 is 5.32 Å². The van der Waals surface area contributed by atoms with E-state index in [4.69, 9.17) is 5.26 Å². The zero-order valence-electron chi connectivity index (χ0n) is 15.5. The molecule has 2 heterocycles. The number of nitriles is 1. The second kappa shape index (κ2) is 10.4. The maximum Gasteiger partial charge on any atom is 0.252 e. The highest BCUT2D eigenvalue weighted by Crippen LogP contribution is 2.28. The SMILES string of the molecule is CC.N#C[C@@H]1CC(F)CN1C(=O)CNC(=O)c1ccnc2ccc(SBr)cc12. The first-order valence-electron chi connectivity index (χ1n) is 8.82. The number of benzene rings is 1.